The van der Waals surface area contributed by atoms with Crippen LogP contribution in [0.25, 0.3) is 0 Å². The van der Waals surface area contributed by atoms with Crippen LogP contribution in [0.4, 0.5) is 4.39 Å². The highest BCUT2D eigenvalue weighted by molar-refractivity contribution is 9.10. The highest BCUT2D eigenvalue weighted by Crippen LogP contribution is 2.24. The smallest absolute Gasteiger partial charge is 0.124 e. The monoisotopic (exact) mass is 335 g/mol. The van der Waals surface area contributed by atoms with Gasteiger partial charge in [0.15, 0.2) is 0 Å². The van der Waals surface area contributed by atoms with E-state index in [9.17, 15) is 8.60 Å². The van der Waals surface area contributed by atoms with Crippen LogP contribution in [0, 0.1) is 5.82 Å². The first-order chi connectivity index (χ1) is 8.41. The summed E-state index contributed by atoms with van der Waals surface area (Å²) >= 11 is 3.36. The van der Waals surface area contributed by atoms with Crippen molar-refractivity contribution in [2.24, 2.45) is 0 Å². The van der Waals surface area contributed by atoms with E-state index in [4.69, 9.17) is 0 Å². The van der Waals surface area contributed by atoms with Gasteiger partial charge in [-0.15, -0.1) is 0 Å². The first-order valence-electron chi connectivity index (χ1n) is 5.92. The molecule has 0 fully saturated rings. The molecule has 3 unspecified atom stereocenters. The van der Waals surface area contributed by atoms with Crippen molar-refractivity contribution in [2.45, 2.75) is 31.6 Å². The number of hydrogen-bond acceptors (Lipinski definition) is 2. The van der Waals surface area contributed by atoms with Gasteiger partial charge in [0.25, 0.3) is 0 Å². The van der Waals surface area contributed by atoms with Crippen molar-refractivity contribution in [3.63, 3.8) is 0 Å². The van der Waals surface area contributed by atoms with E-state index in [1.165, 1.54) is 12.1 Å². The molecule has 0 heterocycles. The van der Waals surface area contributed by atoms with Gasteiger partial charge >= 0.3 is 0 Å². The first kappa shape index (κ1) is 15.8. The molecule has 1 aromatic carbocycles. The Morgan fingerprint density at radius 3 is 2.67 bits per heavy atom. The zero-order valence-corrected chi connectivity index (χ0v) is 13.3. The fourth-order valence-corrected chi connectivity index (χ4v) is 2.78. The summed E-state index contributed by atoms with van der Waals surface area (Å²) in [7, 11) is -0.776. The maximum atomic E-state index is 13.0. The van der Waals surface area contributed by atoms with Crippen molar-refractivity contribution in [2.75, 3.05) is 12.8 Å². The first-order valence-corrected chi connectivity index (χ1v) is 8.33. The van der Waals surface area contributed by atoms with Gasteiger partial charge in [0.1, 0.15) is 5.82 Å². The minimum Gasteiger partial charge on any atom is -0.310 e. The molecule has 18 heavy (non-hydrogen) atoms. The minimum absolute atomic E-state index is 0.137. The molecule has 0 aromatic heterocycles. The number of nitrogens with one attached hydrogen (secondary N) is 1. The van der Waals surface area contributed by atoms with E-state index in [0.717, 1.165) is 23.0 Å². The molecule has 0 saturated carbocycles. The standard InChI is InChI=1S/C13H19BrFNOS/c1-9(18(3)17)6-7-16-10(2)12-5-4-11(15)8-13(12)14/h4-5,8-10,16H,6-7H2,1-3H3. The Balaban J connectivity index is 2.50. The van der Waals surface area contributed by atoms with Gasteiger partial charge in [-0.25, -0.2) is 4.39 Å². The van der Waals surface area contributed by atoms with Crippen molar-refractivity contribution >= 4 is 26.7 Å². The van der Waals surface area contributed by atoms with Gasteiger partial charge in [0.2, 0.25) is 0 Å². The molecule has 0 radical (unpaired) electrons. The van der Waals surface area contributed by atoms with Crippen LogP contribution < -0.4 is 5.32 Å². The normalized spacial score (nSPS) is 16.3. The zero-order chi connectivity index (χ0) is 13.7. The quantitative estimate of drug-likeness (QED) is 0.863. The van der Waals surface area contributed by atoms with Gasteiger partial charge in [-0.05, 0) is 37.6 Å². The maximum absolute atomic E-state index is 13.0. The molecule has 0 aliphatic heterocycles. The van der Waals surface area contributed by atoms with Crippen LogP contribution in [-0.4, -0.2) is 22.3 Å². The predicted octanol–water partition coefficient (Wildman–Crippen LogP) is 3.40. The predicted molar refractivity (Wildman–Crippen MR) is 78.7 cm³/mol. The molecular weight excluding hydrogens is 317 g/mol. The second kappa shape index (κ2) is 7.36. The summed E-state index contributed by atoms with van der Waals surface area (Å²) in [5.74, 6) is -0.243. The molecule has 102 valence electrons. The Kier molecular flexibility index (Phi) is 6.46. The third-order valence-corrected chi connectivity index (χ3v) is 5.05. The van der Waals surface area contributed by atoms with E-state index in [2.05, 4.69) is 21.2 Å². The fourth-order valence-electron chi connectivity index (χ4n) is 1.63. The lowest BCUT2D eigenvalue weighted by Gasteiger charge is -2.17. The highest BCUT2D eigenvalue weighted by atomic mass is 79.9. The Labute approximate surface area is 119 Å². The largest absolute Gasteiger partial charge is 0.310 e. The Hall–Kier alpha value is -0.260. The van der Waals surface area contributed by atoms with Gasteiger partial charge in [0.05, 0.1) is 0 Å². The average Bonchev–Trinajstić information content (AvgIpc) is 2.28. The van der Waals surface area contributed by atoms with Crippen LogP contribution in [0.1, 0.15) is 31.9 Å². The molecule has 2 nitrogen and oxygen atoms in total. The summed E-state index contributed by atoms with van der Waals surface area (Å²) < 4.78 is 25.0. The zero-order valence-electron chi connectivity index (χ0n) is 10.9. The summed E-state index contributed by atoms with van der Waals surface area (Å²) in [6, 6.07) is 4.84. The van der Waals surface area contributed by atoms with Gasteiger partial charge < -0.3 is 5.32 Å². The molecule has 0 aliphatic carbocycles. The van der Waals surface area contributed by atoms with Crippen molar-refractivity contribution in [1.29, 1.82) is 0 Å². The third-order valence-electron chi connectivity index (χ3n) is 3.00. The van der Waals surface area contributed by atoms with Crippen LogP contribution >= 0.6 is 15.9 Å². The van der Waals surface area contributed by atoms with Crippen molar-refractivity contribution in [3.8, 4) is 0 Å². The van der Waals surface area contributed by atoms with Gasteiger partial charge in [0, 0.05) is 32.8 Å². The molecule has 0 saturated heterocycles. The lowest BCUT2D eigenvalue weighted by Crippen LogP contribution is -2.24. The molecule has 0 aliphatic rings. The summed E-state index contributed by atoms with van der Waals surface area (Å²) in [5, 5.41) is 3.55. The molecule has 0 amide bonds. The minimum atomic E-state index is -0.776. The summed E-state index contributed by atoms with van der Waals surface area (Å²) in [5.41, 5.74) is 1.03. The highest BCUT2D eigenvalue weighted by Gasteiger charge is 2.11. The molecule has 1 aromatic rings. The summed E-state index contributed by atoms with van der Waals surface area (Å²) in [6.45, 7) is 4.81. The van der Waals surface area contributed by atoms with Gasteiger partial charge in [-0.1, -0.05) is 28.9 Å². The molecule has 1 N–H and O–H groups in total. The Morgan fingerprint density at radius 2 is 2.11 bits per heavy atom. The van der Waals surface area contributed by atoms with Crippen molar-refractivity contribution < 1.29 is 8.60 Å². The Bertz CT molecular complexity index is 427. The second-order valence-electron chi connectivity index (χ2n) is 4.44. The van der Waals surface area contributed by atoms with Crippen LogP contribution in [0.5, 0.6) is 0 Å². The average molecular weight is 336 g/mol. The van der Waals surface area contributed by atoms with Crippen molar-refractivity contribution in [3.05, 3.63) is 34.1 Å². The summed E-state index contributed by atoms with van der Waals surface area (Å²) in [4.78, 5) is 0. The van der Waals surface area contributed by atoms with Crippen LogP contribution in [-0.2, 0) is 10.8 Å². The molecule has 3 atom stereocenters. The van der Waals surface area contributed by atoms with E-state index in [1.54, 1.807) is 12.3 Å². The lowest BCUT2D eigenvalue weighted by molar-refractivity contribution is 0.550. The Morgan fingerprint density at radius 1 is 1.44 bits per heavy atom. The number of rotatable bonds is 6. The fraction of sp³-hybridized carbons (Fsp3) is 0.538. The summed E-state index contributed by atoms with van der Waals surface area (Å²) in [6.07, 6.45) is 2.59. The molecule has 5 heteroatoms. The SMILES string of the molecule is CC(NCCC(C)S(C)=O)c1ccc(F)cc1Br. The van der Waals surface area contributed by atoms with E-state index in [1.807, 2.05) is 13.8 Å². The molecule has 0 bridgehead atoms. The van der Waals surface area contributed by atoms with Crippen LogP contribution in [0.2, 0.25) is 0 Å². The van der Waals surface area contributed by atoms with Crippen LogP contribution in [0.3, 0.4) is 0 Å². The topological polar surface area (TPSA) is 29.1 Å². The van der Waals surface area contributed by atoms with E-state index in [-0.39, 0.29) is 17.1 Å². The van der Waals surface area contributed by atoms with Gasteiger partial charge in [-0.2, -0.15) is 0 Å². The lowest BCUT2D eigenvalue weighted by atomic mass is 10.1. The maximum Gasteiger partial charge on any atom is 0.124 e. The number of benzene rings is 1. The third kappa shape index (κ3) is 4.78. The second-order valence-corrected chi connectivity index (χ2v) is 7.10. The molecular formula is C13H19BrFNOS. The van der Waals surface area contributed by atoms with Crippen molar-refractivity contribution in [1.82, 2.24) is 5.32 Å². The molecule has 1 rings (SSSR count). The van der Waals surface area contributed by atoms with E-state index in [0.29, 0.717) is 0 Å². The van der Waals surface area contributed by atoms with Crippen LogP contribution in [0.15, 0.2) is 22.7 Å². The van der Waals surface area contributed by atoms with E-state index < -0.39 is 10.8 Å². The number of halogens is 2. The van der Waals surface area contributed by atoms with E-state index >= 15 is 0 Å². The number of hydrogen-bond donors (Lipinski definition) is 1. The van der Waals surface area contributed by atoms with Gasteiger partial charge in [-0.3, -0.25) is 4.21 Å². The molecule has 0 spiro atoms.